The van der Waals surface area contributed by atoms with Crippen molar-refractivity contribution in [3.63, 3.8) is 0 Å². The van der Waals surface area contributed by atoms with Crippen LogP contribution in [0.4, 0.5) is 0 Å². The Kier molecular flexibility index (Phi) is 17.6. The molecule has 0 heterocycles. The van der Waals surface area contributed by atoms with E-state index in [9.17, 15) is 0 Å². The second kappa shape index (κ2) is 12.0. The number of hydrogen-bond acceptors (Lipinski definition) is 3. The standard InChI is InChI=1S/C3H4.3H3O4P/c1-3-2;3*1-5(2,3)4/h1H,2H3;3*(H3,1,2,3,4). The lowest BCUT2D eigenvalue weighted by molar-refractivity contribution is 0.272. The summed E-state index contributed by atoms with van der Waals surface area (Å²) < 4.78 is 26.6. The summed E-state index contributed by atoms with van der Waals surface area (Å²) >= 11 is 0. The highest BCUT2D eigenvalue weighted by Crippen LogP contribution is 2.26. The van der Waals surface area contributed by atoms with Crippen LogP contribution < -0.4 is 0 Å². The zero-order valence-electron chi connectivity index (χ0n) is 8.67. The zero-order valence-corrected chi connectivity index (χ0v) is 11.4. The summed E-state index contributed by atoms with van der Waals surface area (Å²) in [6.07, 6.45) is 4.60. The minimum atomic E-state index is -4.64. The van der Waals surface area contributed by atoms with E-state index in [4.69, 9.17) is 57.7 Å². The molecule has 0 fully saturated rings. The first kappa shape index (κ1) is 26.5. The summed E-state index contributed by atoms with van der Waals surface area (Å²) in [5.41, 5.74) is 0. The van der Waals surface area contributed by atoms with Crippen LogP contribution in [0.3, 0.4) is 0 Å². The fraction of sp³-hybridized carbons (Fsp3) is 0.333. The van der Waals surface area contributed by atoms with Gasteiger partial charge in [0, 0.05) is 0 Å². The van der Waals surface area contributed by atoms with Crippen molar-refractivity contribution in [1.29, 1.82) is 0 Å². The number of hydrogen-bond donors (Lipinski definition) is 9. The molecule has 0 aliphatic carbocycles. The van der Waals surface area contributed by atoms with E-state index in [0.29, 0.717) is 0 Å². The molecule has 0 rings (SSSR count). The van der Waals surface area contributed by atoms with E-state index in [1.807, 2.05) is 0 Å². The van der Waals surface area contributed by atoms with Crippen molar-refractivity contribution >= 4 is 23.5 Å². The van der Waals surface area contributed by atoms with Gasteiger partial charge in [-0.3, -0.25) is 0 Å². The highest BCUT2D eigenvalue weighted by Gasteiger charge is 2.01. The number of rotatable bonds is 0. The van der Waals surface area contributed by atoms with Gasteiger partial charge >= 0.3 is 23.5 Å². The maximum atomic E-state index is 8.88. The van der Waals surface area contributed by atoms with Crippen molar-refractivity contribution in [3.8, 4) is 12.3 Å². The second-order valence-electron chi connectivity index (χ2n) is 1.83. The van der Waals surface area contributed by atoms with Crippen LogP contribution in [-0.4, -0.2) is 44.0 Å². The van der Waals surface area contributed by atoms with E-state index in [1.54, 1.807) is 6.92 Å². The highest BCUT2D eigenvalue weighted by molar-refractivity contribution is 7.45. The van der Waals surface area contributed by atoms with Gasteiger partial charge < -0.3 is 44.0 Å². The number of terminal acetylenes is 1. The second-order valence-corrected chi connectivity index (χ2v) is 4.91. The molecule has 0 saturated heterocycles. The normalized spacial score (nSPS) is 10.3. The monoisotopic (exact) mass is 334 g/mol. The van der Waals surface area contributed by atoms with Gasteiger partial charge in [0.15, 0.2) is 0 Å². The Morgan fingerprint density at radius 2 is 0.667 bits per heavy atom. The van der Waals surface area contributed by atoms with Crippen molar-refractivity contribution in [2.45, 2.75) is 6.92 Å². The van der Waals surface area contributed by atoms with Crippen LogP contribution in [0.2, 0.25) is 0 Å². The van der Waals surface area contributed by atoms with Gasteiger partial charge in [0.05, 0.1) is 0 Å². The maximum Gasteiger partial charge on any atom is 0.466 e. The van der Waals surface area contributed by atoms with Gasteiger partial charge in [-0.05, 0) is 6.92 Å². The summed E-state index contributed by atoms with van der Waals surface area (Å²) in [5, 5.41) is 0. The first-order valence-corrected chi connectivity index (χ1v) is 7.83. The smallest absolute Gasteiger partial charge is 0.303 e. The van der Waals surface area contributed by atoms with Crippen LogP contribution in [0.15, 0.2) is 0 Å². The predicted octanol–water partition coefficient (Wildman–Crippen LogP) is -2.15. The molecule has 0 spiro atoms. The van der Waals surface area contributed by atoms with Crippen molar-refractivity contribution in [2.24, 2.45) is 0 Å². The van der Waals surface area contributed by atoms with E-state index in [2.05, 4.69) is 12.3 Å². The third-order valence-electron chi connectivity index (χ3n) is 0. The fourth-order valence-electron chi connectivity index (χ4n) is 0. The first-order chi connectivity index (χ1) is 7.41. The summed E-state index contributed by atoms with van der Waals surface area (Å²) in [7, 11) is -13.9. The minimum absolute atomic E-state index is 1.65. The van der Waals surface area contributed by atoms with Crippen molar-refractivity contribution < 1.29 is 57.7 Å². The lowest BCUT2D eigenvalue weighted by Crippen LogP contribution is -1.66. The Morgan fingerprint density at radius 3 is 0.667 bits per heavy atom. The van der Waals surface area contributed by atoms with Crippen molar-refractivity contribution in [3.05, 3.63) is 0 Å². The van der Waals surface area contributed by atoms with Crippen LogP contribution in [0.5, 0.6) is 0 Å². The molecule has 0 aromatic carbocycles. The van der Waals surface area contributed by atoms with Gasteiger partial charge in [-0.15, -0.1) is 12.3 Å². The van der Waals surface area contributed by atoms with Crippen LogP contribution in [0, 0.1) is 12.3 Å². The molecule has 0 aromatic heterocycles. The molecule has 0 radical (unpaired) electrons. The van der Waals surface area contributed by atoms with Crippen LogP contribution in [-0.2, 0) is 13.7 Å². The molecule has 15 heteroatoms. The van der Waals surface area contributed by atoms with E-state index in [0.717, 1.165) is 0 Å². The van der Waals surface area contributed by atoms with E-state index in [1.165, 1.54) is 0 Å². The van der Waals surface area contributed by atoms with E-state index in [-0.39, 0.29) is 0 Å². The van der Waals surface area contributed by atoms with Crippen LogP contribution in [0.25, 0.3) is 0 Å². The summed E-state index contributed by atoms with van der Waals surface area (Å²) in [5.74, 6) is 2.25. The van der Waals surface area contributed by atoms with Gasteiger partial charge in [0.1, 0.15) is 0 Å². The van der Waals surface area contributed by atoms with E-state index < -0.39 is 23.5 Å². The highest BCUT2D eigenvalue weighted by atomic mass is 31.2. The molecule has 12 nitrogen and oxygen atoms in total. The van der Waals surface area contributed by atoms with Crippen molar-refractivity contribution in [1.82, 2.24) is 0 Å². The van der Waals surface area contributed by atoms with Crippen molar-refractivity contribution in [2.75, 3.05) is 0 Å². The molecular formula is C3H13O12P3. The molecule has 9 N–H and O–H groups in total. The topological polar surface area (TPSA) is 233 Å². The Hall–Kier alpha value is -0.110. The average molecular weight is 334 g/mol. The first-order valence-electron chi connectivity index (χ1n) is 3.14. The molecular weight excluding hydrogens is 321 g/mol. The Balaban J connectivity index is -0.0000000739. The van der Waals surface area contributed by atoms with Gasteiger partial charge in [0.25, 0.3) is 0 Å². The molecule has 0 aromatic rings. The minimum Gasteiger partial charge on any atom is -0.303 e. The Bertz CT molecular complexity index is 277. The molecule has 18 heavy (non-hydrogen) atoms. The molecule has 112 valence electrons. The molecule has 0 aliphatic heterocycles. The van der Waals surface area contributed by atoms with Gasteiger partial charge in [-0.2, -0.15) is 0 Å². The lowest BCUT2D eigenvalue weighted by Gasteiger charge is -1.82. The quantitative estimate of drug-likeness (QED) is 0.170. The van der Waals surface area contributed by atoms with Gasteiger partial charge in [-0.25, -0.2) is 13.7 Å². The predicted molar refractivity (Wildman–Crippen MR) is 57.3 cm³/mol. The van der Waals surface area contributed by atoms with Crippen LogP contribution in [0.1, 0.15) is 6.92 Å². The van der Waals surface area contributed by atoms with Crippen LogP contribution >= 0.6 is 23.5 Å². The zero-order chi connectivity index (χ0) is 16.2. The van der Waals surface area contributed by atoms with Gasteiger partial charge in [-0.1, -0.05) is 0 Å². The molecule has 0 atom stereocenters. The maximum absolute atomic E-state index is 8.88. The third kappa shape index (κ3) is 291000. The molecule has 0 aliphatic rings. The molecule has 0 bridgehead atoms. The number of phosphoric acid groups is 3. The summed E-state index contributed by atoms with van der Waals surface area (Å²) in [6, 6.07) is 0. The summed E-state index contributed by atoms with van der Waals surface area (Å²) in [6.45, 7) is 1.65. The largest absolute Gasteiger partial charge is 0.466 e. The SMILES string of the molecule is C#CC.O=P(O)(O)O.O=P(O)(O)O.O=P(O)(O)O. The fourth-order valence-corrected chi connectivity index (χ4v) is 0. The molecule has 0 amide bonds. The lowest BCUT2D eigenvalue weighted by atomic mass is 10.9. The summed E-state index contributed by atoms with van der Waals surface area (Å²) in [4.78, 5) is 64.7. The third-order valence-corrected chi connectivity index (χ3v) is 0. The molecule has 0 saturated carbocycles. The van der Waals surface area contributed by atoms with Gasteiger partial charge in [0.2, 0.25) is 0 Å². The van der Waals surface area contributed by atoms with E-state index >= 15 is 0 Å². The Labute approximate surface area is 101 Å². The Morgan fingerprint density at radius 1 is 0.667 bits per heavy atom. The molecule has 0 unspecified atom stereocenters. The average Bonchev–Trinajstić information content (AvgIpc) is 1.71.